The van der Waals surface area contributed by atoms with Crippen molar-refractivity contribution in [3.8, 4) is 0 Å². The second-order valence-electron chi connectivity index (χ2n) is 3.47. The second-order valence-corrected chi connectivity index (χ2v) is 3.69. The first kappa shape index (κ1) is 10.1. The fourth-order valence-corrected chi connectivity index (χ4v) is 1.59. The van der Waals surface area contributed by atoms with Crippen molar-refractivity contribution in [1.29, 1.82) is 0 Å². The maximum absolute atomic E-state index is 5.60. The number of benzene rings is 1. The smallest absolute Gasteiger partial charge is 0.0459 e. The van der Waals surface area contributed by atoms with Gasteiger partial charge in [-0.15, -0.1) is 0 Å². The summed E-state index contributed by atoms with van der Waals surface area (Å²) in [5.41, 5.74) is 4.98. The zero-order chi connectivity index (χ0) is 10.7. The summed E-state index contributed by atoms with van der Waals surface area (Å²) in [6.07, 6.45) is 6.03. The van der Waals surface area contributed by atoms with Crippen LogP contribution in [-0.2, 0) is 0 Å². The van der Waals surface area contributed by atoms with E-state index in [1.54, 1.807) is 5.54 Å². The molecule has 1 nitrogen and oxygen atoms in total. The van der Waals surface area contributed by atoms with Crippen molar-refractivity contribution in [2.45, 2.75) is 6.92 Å². The molecule has 0 spiro atoms. The summed E-state index contributed by atoms with van der Waals surface area (Å²) >= 11 is 5.60. The average Bonchev–Trinajstić information content (AvgIpc) is 2.74. The Morgan fingerprint density at radius 3 is 3.00 bits per heavy atom. The Balaban J connectivity index is 2.44. The van der Waals surface area contributed by atoms with Gasteiger partial charge in [0.05, 0.1) is 0 Å². The minimum absolute atomic E-state index is 1.05. The van der Waals surface area contributed by atoms with E-state index in [1.807, 2.05) is 25.3 Å². The van der Waals surface area contributed by atoms with Crippen LogP contribution < -0.4 is 0 Å². The van der Waals surface area contributed by atoms with Crippen molar-refractivity contribution in [2.75, 3.05) is 0 Å². The van der Waals surface area contributed by atoms with E-state index >= 15 is 0 Å². The molecule has 0 aliphatic carbocycles. The molecule has 15 heavy (non-hydrogen) atoms. The summed E-state index contributed by atoms with van der Waals surface area (Å²) in [5.74, 6) is 0. The molecule has 76 valence electrons. The van der Waals surface area contributed by atoms with Gasteiger partial charge in [0.2, 0.25) is 0 Å². The lowest BCUT2D eigenvalue weighted by Crippen LogP contribution is -1.74. The van der Waals surface area contributed by atoms with Gasteiger partial charge in [-0.3, -0.25) is 0 Å². The van der Waals surface area contributed by atoms with E-state index in [1.165, 1.54) is 10.9 Å². The standard InChI is InChI=1S/C13H12ClN/c1-10(9-14)5-6-11-3-2-4-13-12(11)7-8-15-13/h2-9,15H,1H3/b6-5+,10-9+. The lowest BCUT2D eigenvalue weighted by Gasteiger charge is -1.96. The van der Waals surface area contributed by atoms with E-state index in [4.69, 9.17) is 11.6 Å². The van der Waals surface area contributed by atoms with Gasteiger partial charge < -0.3 is 4.98 Å². The summed E-state index contributed by atoms with van der Waals surface area (Å²) < 4.78 is 0. The van der Waals surface area contributed by atoms with Crippen LogP contribution in [0.25, 0.3) is 17.0 Å². The number of aromatic amines is 1. The number of hydrogen-bond acceptors (Lipinski definition) is 0. The molecule has 2 heteroatoms. The summed E-state index contributed by atoms with van der Waals surface area (Å²) in [6.45, 7) is 1.97. The van der Waals surface area contributed by atoms with Crippen LogP contribution in [0.4, 0.5) is 0 Å². The summed E-state index contributed by atoms with van der Waals surface area (Å²) in [5, 5.41) is 1.23. The molecule has 0 fully saturated rings. The topological polar surface area (TPSA) is 15.8 Å². The van der Waals surface area contributed by atoms with Crippen molar-refractivity contribution in [2.24, 2.45) is 0 Å². The van der Waals surface area contributed by atoms with Gasteiger partial charge in [0.1, 0.15) is 0 Å². The summed E-state index contributed by atoms with van der Waals surface area (Å²) in [6, 6.07) is 8.28. The molecule has 0 radical (unpaired) electrons. The number of fused-ring (bicyclic) bond motifs is 1. The van der Waals surface area contributed by atoms with Crippen molar-refractivity contribution < 1.29 is 0 Å². The van der Waals surface area contributed by atoms with Crippen LogP contribution in [0.15, 0.2) is 47.6 Å². The van der Waals surface area contributed by atoms with Crippen molar-refractivity contribution in [3.05, 3.63) is 53.2 Å². The van der Waals surface area contributed by atoms with Gasteiger partial charge in [-0.1, -0.05) is 35.9 Å². The zero-order valence-electron chi connectivity index (χ0n) is 8.50. The van der Waals surface area contributed by atoms with Crippen LogP contribution in [0.2, 0.25) is 0 Å². The molecule has 0 saturated heterocycles. The van der Waals surface area contributed by atoms with Gasteiger partial charge in [0.25, 0.3) is 0 Å². The minimum atomic E-state index is 1.05. The molecule has 0 amide bonds. The number of halogens is 1. The first-order chi connectivity index (χ1) is 7.31. The quantitative estimate of drug-likeness (QED) is 0.721. The second kappa shape index (κ2) is 4.37. The number of H-pyrrole nitrogens is 1. The third-order valence-electron chi connectivity index (χ3n) is 2.33. The monoisotopic (exact) mass is 217 g/mol. The predicted molar refractivity (Wildman–Crippen MR) is 66.9 cm³/mol. The van der Waals surface area contributed by atoms with Crippen molar-refractivity contribution in [3.63, 3.8) is 0 Å². The van der Waals surface area contributed by atoms with Gasteiger partial charge in [-0.25, -0.2) is 0 Å². The Morgan fingerprint density at radius 1 is 1.33 bits per heavy atom. The Hall–Kier alpha value is -1.47. The highest BCUT2D eigenvalue weighted by Gasteiger charge is 1.97. The van der Waals surface area contributed by atoms with Crippen LogP contribution in [0, 0.1) is 0 Å². The Morgan fingerprint density at radius 2 is 2.20 bits per heavy atom. The molecule has 0 bridgehead atoms. The Labute approximate surface area is 94.1 Å². The van der Waals surface area contributed by atoms with E-state index < -0.39 is 0 Å². The third-order valence-corrected chi connectivity index (χ3v) is 2.67. The first-order valence-corrected chi connectivity index (χ1v) is 5.26. The molecule has 0 saturated carbocycles. The molecule has 2 aromatic rings. The van der Waals surface area contributed by atoms with Gasteiger partial charge >= 0.3 is 0 Å². The Kier molecular flexibility index (Phi) is 2.93. The van der Waals surface area contributed by atoms with Gasteiger partial charge in [0.15, 0.2) is 0 Å². The van der Waals surface area contributed by atoms with Crippen LogP contribution in [0.5, 0.6) is 0 Å². The number of aromatic nitrogens is 1. The normalized spacial score (nSPS) is 12.8. The van der Waals surface area contributed by atoms with Crippen molar-refractivity contribution >= 4 is 28.6 Å². The van der Waals surface area contributed by atoms with Crippen molar-refractivity contribution in [1.82, 2.24) is 4.98 Å². The predicted octanol–water partition coefficient (Wildman–Crippen LogP) is 4.32. The molecular formula is C13H12ClN. The zero-order valence-corrected chi connectivity index (χ0v) is 9.25. The molecule has 1 N–H and O–H groups in total. The first-order valence-electron chi connectivity index (χ1n) is 4.82. The number of hydrogen-bond donors (Lipinski definition) is 1. The highest BCUT2D eigenvalue weighted by atomic mass is 35.5. The van der Waals surface area contributed by atoms with E-state index in [-0.39, 0.29) is 0 Å². The number of nitrogens with one attached hydrogen (secondary N) is 1. The van der Waals surface area contributed by atoms with Gasteiger partial charge in [-0.05, 0) is 30.2 Å². The van der Waals surface area contributed by atoms with E-state index in [0.717, 1.165) is 11.1 Å². The molecule has 0 aliphatic rings. The van der Waals surface area contributed by atoms with Crippen LogP contribution in [0.1, 0.15) is 12.5 Å². The largest absolute Gasteiger partial charge is 0.361 e. The summed E-state index contributed by atoms with van der Waals surface area (Å²) in [7, 11) is 0. The Bertz CT molecular complexity index is 520. The maximum Gasteiger partial charge on any atom is 0.0459 e. The molecule has 1 aromatic heterocycles. The molecule has 0 atom stereocenters. The minimum Gasteiger partial charge on any atom is -0.361 e. The lowest BCUT2D eigenvalue weighted by molar-refractivity contribution is 1.48. The highest BCUT2D eigenvalue weighted by molar-refractivity contribution is 6.25. The average molecular weight is 218 g/mol. The molecule has 0 unspecified atom stereocenters. The highest BCUT2D eigenvalue weighted by Crippen LogP contribution is 2.19. The summed E-state index contributed by atoms with van der Waals surface area (Å²) in [4.78, 5) is 3.19. The maximum atomic E-state index is 5.60. The van der Waals surface area contributed by atoms with E-state index in [0.29, 0.717) is 0 Å². The van der Waals surface area contributed by atoms with E-state index in [2.05, 4.69) is 29.3 Å². The molecule has 1 aromatic carbocycles. The fourth-order valence-electron chi connectivity index (χ4n) is 1.51. The molecule has 1 heterocycles. The van der Waals surface area contributed by atoms with Gasteiger partial charge in [0, 0.05) is 22.6 Å². The van der Waals surface area contributed by atoms with Gasteiger partial charge in [-0.2, -0.15) is 0 Å². The van der Waals surface area contributed by atoms with Crippen LogP contribution >= 0.6 is 11.6 Å². The van der Waals surface area contributed by atoms with Crippen LogP contribution in [0.3, 0.4) is 0 Å². The molecule has 0 aliphatic heterocycles. The van der Waals surface area contributed by atoms with Crippen LogP contribution in [-0.4, -0.2) is 4.98 Å². The molecular weight excluding hydrogens is 206 g/mol. The fraction of sp³-hybridized carbons (Fsp3) is 0.0769. The van der Waals surface area contributed by atoms with E-state index in [9.17, 15) is 0 Å². The molecule has 2 rings (SSSR count). The number of rotatable bonds is 2. The lowest BCUT2D eigenvalue weighted by atomic mass is 10.1. The SMILES string of the molecule is CC(/C=C/c1cccc2[nH]ccc12)=C\Cl. The number of allylic oxidation sites excluding steroid dienone is 2. The third kappa shape index (κ3) is 2.13.